The number of hydrogen-bond acceptors (Lipinski definition) is 7. The van der Waals surface area contributed by atoms with E-state index in [1.54, 1.807) is 4.90 Å². The molecule has 186 valence electrons. The minimum atomic E-state index is -4.78. The zero-order valence-electron chi connectivity index (χ0n) is 18.6. The maximum absolute atomic E-state index is 14.0. The van der Waals surface area contributed by atoms with Gasteiger partial charge in [-0.15, -0.1) is 11.3 Å². The summed E-state index contributed by atoms with van der Waals surface area (Å²) in [6, 6.07) is 5.62. The number of rotatable bonds is 3. The lowest BCUT2D eigenvalue weighted by molar-refractivity contribution is -0.144. The van der Waals surface area contributed by atoms with Gasteiger partial charge in [0.25, 0.3) is 5.91 Å². The number of anilines is 1. The van der Waals surface area contributed by atoms with E-state index in [2.05, 4.69) is 15.3 Å². The van der Waals surface area contributed by atoms with Gasteiger partial charge in [-0.05, 0) is 29.6 Å². The van der Waals surface area contributed by atoms with Crippen molar-refractivity contribution in [1.29, 1.82) is 0 Å². The fourth-order valence-electron chi connectivity index (χ4n) is 3.71. The average Bonchev–Trinajstić information content (AvgIpc) is 3.26. The molecule has 3 aromatic rings. The summed E-state index contributed by atoms with van der Waals surface area (Å²) in [6.45, 7) is 0.447. The first-order valence-electron chi connectivity index (χ1n) is 10.6. The number of halogens is 4. The fraction of sp³-hybridized carbons (Fsp3) is 0.364. The predicted molar refractivity (Wildman–Crippen MR) is 121 cm³/mol. The van der Waals surface area contributed by atoms with Crippen LogP contribution in [0.25, 0.3) is 10.9 Å². The van der Waals surface area contributed by atoms with Crippen LogP contribution < -0.4 is 15.0 Å². The zero-order valence-corrected chi connectivity index (χ0v) is 19.4. The number of nitrogens with one attached hydrogen (secondary N) is 1. The molecule has 2 aromatic heterocycles. The third kappa shape index (κ3) is 5.45. The van der Waals surface area contributed by atoms with Crippen molar-refractivity contribution in [2.45, 2.75) is 12.6 Å². The quantitative estimate of drug-likeness (QED) is 0.543. The summed E-state index contributed by atoms with van der Waals surface area (Å²) < 4.78 is 60.0. The Morgan fingerprint density at radius 1 is 1.14 bits per heavy atom. The third-order valence-corrected chi connectivity index (χ3v) is 6.36. The molecule has 13 heteroatoms. The smallest absolute Gasteiger partial charge is 0.451 e. The second-order valence-corrected chi connectivity index (χ2v) is 8.64. The van der Waals surface area contributed by atoms with Crippen LogP contribution in [0.4, 0.5) is 23.4 Å². The Bertz CT molecular complexity index is 1250. The van der Waals surface area contributed by atoms with Crippen molar-refractivity contribution in [2.75, 3.05) is 44.7 Å². The SMILES string of the molecule is COc1ccc2nc(C(F)(F)F)nc(N3CCNC(=O)CCN(C(=O)c4sccc4F)CC3)c2c1. The molecule has 35 heavy (non-hydrogen) atoms. The molecule has 1 aliphatic heterocycles. The zero-order chi connectivity index (χ0) is 25.2. The molecule has 0 atom stereocenters. The Morgan fingerprint density at radius 2 is 1.94 bits per heavy atom. The molecule has 0 unspecified atom stereocenters. The van der Waals surface area contributed by atoms with Gasteiger partial charge in [-0.3, -0.25) is 9.59 Å². The Kier molecular flexibility index (Phi) is 7.05. The molecule has 1 aliphatic rings. The largest absolute Gasteiger partial charge is 0.497 e. The maximum atomic E-state index is 14.0. The highest BCUT2D eigenvalue weighted by Gasteiger charge is 2.36. The standard InChI is InChI=1S/C22H21F4N5O3S/c1-34-13-2-3-16-14(12-13)19(29-21(28-16)22(24,25)26)30-8-6-27-17(32)4-7-31(10-9-30)20(33)18-15(23)5-11-35-18/h2-3,5,11-12H,4,6-10H2,1H3,(H,27,32). The molecule has 0 aliphatic carbocycles. The number of carbonyl (C=O) groups is 2. The van der Waals surface area contributed by atoms with Gasteiger partial charge in [0.05, 0.1) is 12.6 Å². The Hall–Kier alpha value is -3.48. The molecule has 3 heterocycles. The highest BCUT2D eigenvalue weighted by atomic mass is 32.1. The van der Waals surface area contributed by atoms with Crippen molar-refractivity contribution in [3.8, 4) is 5.75 Å². The Morgan fingerprint density at radius 3 is 2.63 bits per heavy atom. The molecular weight excluding hydrogens is 490 g/mol. The molecule has 1 N–H and O–H groups in total. The number of hydrogen-bond donors (Lipinski definition) is 1. The average molecular weight is 512 g/mol. The molecule has 1 aromatic carbocycles. The minimum absolute atomic E-state index is 0.00856. The predicted octanol–water partition coefficient (Wildman–Crippen LogP) is 3.33. The lowest BCUT2D eigenvalue weighted by atomic mass is 10.2. The van der Waals surface area contributed by atoms with Crippen LogP contribution in [0.2, 0.25) is 0 Å². The lowest BCUT2D eigenvalue weighted by Crippen LogP contribution is -2.45. The van der Waals surface area contributed by atoms with Crippen molar-refractivity contribution in [2.24, 2.45) is 0 Å². The number of ether oxygens (including phenoxy) is 1. The summed E-state index contributed by atoms with van der Waals surface area (Å²) >= 11 is 0.941. The van der Waals surface area contributed by atoms with Crippen molar-refractivity contribution in [3.05, 3.63) is 46.2 Å². The number of fused-ring (bicyclic) bond motifs is 1. The van der Waals surface area contributed by atoms with Gasteiger partial charge in [0.2, 0.25) is 11.7 Å². The van der Waals surface area contributed by atoms with Gasteiger partial charge in [0.15, 0.2) is 0 Å². The van der Waals surface area contributed by atoms with E-state index >= 15 is 0 Å². The summed E-state index contributed by atoms with van der Waals surface area (Å²) in [5, 5.41) is 4.46. The maximum Gasteiger partial charge on any atom is 0.451 e. The number of nitrogens with zero attached hydrogens (tertiary/aromatic N) is 4. The summed E-state index contributed by atoms with van der Waals surface area (Å²) in [7, 11) is 1.43. The number of aromatic nitrogens is 2. The first-order chi connectivity index (χ1) is 16.7. The summed E-state index contributed by atoms with van der Waals surface area (Å²) in [5.74, 6) is -2.49. The van der Waals surface area contributed by atoms with Crippen LogP contribution >= 0.6 is 11.3 Å². The van der Waals surface area contributed by atoms with Gasteiger partial charge < -0.3 is 19.9 Å². The number of amides is 2. The van der Waals surface area contributed by atoms with E-state index in [-0.39, 0.29) is 61.3 Å². The van der Waals surface area contributed by atoms with E-state index in [1.165, 1.54) is 41.7 Å². The van der Waals surface area contributed by atoms with Crippen LogP contribution in [0, 0.1) is 5.82 Å². The van der Waals surface area contributed by atoms with Crippen LogP contribution in [-0.4, -0.2) is 66.5 Å². The van der Waals surface area contributed by atoms with E-state index < -0.39 is 23.7 Å². The minimum Gasteiger partial charge on any atom is -0.497 e. The number of thiophene rings is 1. The fourth-order valence-corrected chi connectivity index (χ4v) is 4.45. The van der Waals surface area contributed by atoms with E-state index in [0.29, 0.717) is 11.1 Å². The van der Waals surface area contributed by atoms with Crippen molar-refractivity contribution >= 4 is 39.9 Å². The highest BCUT2D eigenvalue weighted by Crippen LogP contribution is 2.33. The van der Waals surface area contributed by atoms with Gasteiger partial charge in [0, 0.05) is 44.5 Å². The first-order valence-corrected chi connectivity index (χ1v) is 11.5. The van der Waals surface area contributed by atoms with Crippen molar-refractivity contribution < 1.29 is 31.9 Å². The van der Waals surface area contributed by atoms with Gasteiger partial charge >= 0.3 is 6.18 Å². The molecule has 0 radical (unpaired) electrons. The van der Waals surface area contributed by atoms with Crippen molar-refractivity contribution in [3.63, 3.8) is 0 Å². The van der Waals surface area contributed by atoms with Gasteiger partial charge in [0.1, 0.15) is 22.3 Å². The van der Waals surface area contributed by atoms with Crippen LogP contribution in [-0.2, 0) is 11.0 Å². The number of carbonyl (C=O) groups excluding carboxylic acids is 2. The highest BCUT2D eigenvalue weighted by molar-refractivity contribution is 7.12. The molecule has 2 amide bonds. The van der Waals surface area contributed by atoms with E-state index in [1.807, 2.05) is 0 Å². The van der Waals surface area contributed by atoms with Crippen LogP contribution in [0.3, 0.4) is 0 Å². The summed E-state index contributed by atoms with van der Waals surface area (Å²) in [4.78, 5) is 35.4. The summed E-state index contributed by atoms with van der Waals surface area (Å²) in [6.07, 6.45) is -4.77. The Balaban J connectivity index is 1.74. The van der Waals surface area contributed by atoms with E-state index in [0.717, 1.165) is 11.3 Å². The molecule has 0 bridgehead atoms. The van der Waals surface area contributed by atoms with Gasteiger partial charge in [-0.2, -0.15) is 13.2 Å². The summed E-state index contributed by atoms with van der Waals surface area (Å²) in [5.41, 5.74) is 0.0674. The normalized spacial score (nSPS) is 15.7. The van der Waals surface area contributed by atoms with E-state index in [4.69, 9.17) is 4.74 Å². The first kappa shape index (κ1) is 24.6. The Labute approximate surface area is 201 Å². The lowest BCUT2D eigenvalue weighted by Gasteiger charge is -2.31. The second kappa shape index (κ2) is 10.0. The number of alkyl halides is 3. The molecular formula is C22H21F4N5O3S. The van der Waals surface area contributed by atoms with Gasteiger partial charge in [-0.1, -0.05) is 0 Å². The van der Waals surface area contributed by atoms with Gasteiger partial charge in [-0.25, -0.2) is 14.4 Å². The number of methoxy groups -OCH3 is 1. The van der Waals surface area contributed by atoms with Crippen LogP contribution in [0.15, 0.2) is 29.6 Å². The third-order valence-electron chi connectivity index (χ3n) is 5.49. The van der Waals surface area contributed by atoms with E-state index in [9.17, 15) is 27.2 Å². The number of benzene rings is 1. The molecule has 0 spiro atoms. The monoisotopic (exact) mass is 511 g/mol. The molecule has 8 nitrogen and oxygen atoms in total. The second-order valence-electron chi connectivity index (χ2n) is 7.73. The molecule has 0 saturated carbocycles. The van der Waals surface area contributed by atoms with Crippen LogP contribution in [0.1, 0.15) is 21.9 Å². The van der Waals surface area contributed by atoms with Crippen molar-refractivity contribution in [1.82, 2.24) is 20.2 Å². The van der Waals surface area contributed by atoms with Crippen LogP contribution in [0.5, 0.6) is 5.75 Å². The topological polar surface area (TPSA) is 87.7 Å². The molecule has 1 saturated heterocycles. The molecule has 4 rings (SSSR count). The molecule has 1 fully saturated rings.